The van der Waals surface area contributed by atoms with Crippen LogP contribution in [0.1, 0.15) is 28.0 Å². The summed E-state index contributed by atoms with van der Waals surface area (Å²) in [5, 5.41) is 3.13. The molecule has 0 aromatic carbocycles. The SMILES string of the molecule is Cc1cnc(-c2ccccn2)c(C(=O)N2CC3=CC2C(Nc2cnc(C(F)(F)F)cn2)C3)c1. The third-order valence-corrected chi connectivity index (χ3v) is 5.73. The minimum Gasteiger partial charge on any atom is -0.363 e. The monoisotopic (exact) mass is 452 g/mol. The van der Waals surface area contributed by atoms with E-state index in [9.17, 15) is 18.0 Å². The number of piperidine rings is 1. The molecule has 3 aromatic heterocycles. The molecule has 2 aliphatic rings. The van der Waals surface area contributed by atoms with Gasteiger partial charge in [-0.25, -0.2) is 9.97 Å². The van der Waals surface area contributed by atoms with Crippen molar-refractivity contribution in [3.63, 3.8) is 0 Å². The molecule has 1 aliphatic carbocycles. The molecule has 1 amide bonds. The third-order valence-electron chi connectivity index (χ3n) is 5.73. The van der Waals surface area contributed by atoms with Crippen LogP contribution in [-0.2, 0) is 6.18 Å². The zero-order valence-electron chi connectivity index (χ0n) is 17.5. The second kappa shape index (κ2) is 7.95. The molecule has 0 fully saturated rings. The zero-order valence-corrected chi connectivity index (χ0v) is 17.5. The van der Waals surface area contributed by atoms with Crippen molar-refractivity contribution in [1.29, 1.82) is 0 Å². The van der Waals surface area contributed by atoms with Gasteiger partial charge in [0.2, 0.25) is 0 Å². The number of aromatic nitrogens is 4. The van der Waals surface area contributed by atoms with Crippen LogP contribution < -0.4 is 5.32 Å². The van der Waals surface area contributed by atoms with E-state index in [0.29, 0.717) is 36.1 Å². The molecule has 2 atom stereocenters. The minimum atomic E-state index is -4.54. The van der Waals surface area contributed by atoms with E-state index in [-0.39, 0.29) is 23.8 Å². The fourth-order valence-electron chi connectivity index (χ4n) is 4.25. The Morgan fingerprint density at radius 3 is 2.64 bits per heavy atom. The Kier molecular flexibility index (Phi) is 5.07. The number of rotatable bonds is 4. The van der Waals surface area contributed by atoms with E-state index in [1.165, 1.54) is 0 Å². The van der Waals surface area contributed by atoms with Crippen LogP contribution in [0, 0.1) is 6.92 Å². The van der Waals surface area contributed by atoms with Crippen molar-refractivity contribution in [1.82, 2.24) is 24.8 Å². The van der Waals surface area contributed by atoms with Gasteiger partial charge < -0.3 is 10.2 Å². The normalized spacial score (nSPS) is 19.5. The summed E-state index contributed by atoms with van der Waals surface area (Å²) >= 11 is 0. The molecule has 1 aliphatic heterocycles. The van der Waals surface area contributed by atoms with Gasteiger partial charge >= 0.3 is 6.18 Å². The van der Waals surface area contributed by atoms with Crippen molar-refractivity contribution in [2.45, 2.75) is 31.6 Å². The highest BCUT2D eigenvalue weighted by molar-refractivity contribution is 6.00. The van der Waals surface area contributed by atoms with Crippen LogP contribution >= 0.6 is 0 Å². The number of nitrogens with one attached hydrogen (secondary N) is 1. The van der Waals surface area contributed by atoms with Crippen LogP contribution in [-0.4, -0.2) is 49.4 Å². The van der Waals surface area contributed by atoms with Gasteiger partial charge in [0.25, 0.3) is 5.91 Å². The second-order valence-corrected chi connectivity index (χ2v) is 8.11. The number of alkyl halides is 3. The number of hydrogen-bond donors (Lipinski definition) is 1. The van der Waals surface area contributed by atoms with Gasteiger partial charge in [0, 0.05) is 18.9 Å². The molecular formula is C23H19F3N6O. The number of amides is 1. The summed E-state index contributed by atoms with van der Waals surface area (Å²) in [6.45, 7) is 2.37. The van der Waals surface area contributed by atoms with E-state index in [1.807, 2.05) is 19.1 Å². The molecule has 4 heterocycles. The largest absolute Gasteiger partial charge is 0.434 e. The van der Waals surface area contributed by atoms with Gasteiger partial charge in [0.15, 0.2) is 5.69 Å². The van der Waals surface area contributed by atoms with E-state index in [2.05, 4.69) is 25.3 Å². The molecule has 2 unspecified atom stereocenters. The maximum absolute atomic E-state index is 13.6. The Bertz CT molecular complexity index is 1230. The number of nitrogens with zero attached hydrogens (tertiary/aromatic N) is 5. The van der Waals surface area contributed by atoms with Crippen LogP contribution in [0.3, 0.4) is 0 Å². The fraction of sp³-hybridized carbons (Fsp3) is 0.261. The van der Waals surface area contributed by atoms with Crippen LogP contribution in [0.5, 0.6) is 0 Å². The minimum absolute atomic E-state index is 0.173. The average Bonchev–Trinajstić information content (AvgIpc) is 3.39. The Balaban J connectivity index is 1.38. The maximum atomic E-state index is 13.6. The molecule has 0 radical (unpaired) electrons. The molecule has 0 saturated heterocycles. The van der Waals surface area contributed by atoms with E-state index in [1.54, 1.807) is 35.5 Å². The Hall–Kier alpha value is -3.82. The van der Waals surface area contributed by atoms with E-state index in [4.69, 9.17) is 0 Å². The molecule has 33 heavy (non-hydrogen) atoms. The molecule has 0 saturated carbocycles. The van der Waals surface area contributed by atoms with Gasteiger partial charge in [0.1, 0.15) is 11.5 Å². The lowest BCUT2D eigenvalue weighted by Gasteiger charge is -2.34. The van der Waals surface area contributed by atoms with Gasteiger partial charge in [-0.05, 0) is 37.1 Å². The standard InChI is InChI=1S/C23H19F3N6O/c1-13-6-15(21(30-9-13)16-4-2-3-5-27-16)22(33)32-12-14-7-17(18(32)8-14)31-20-11-28-19(10-29-20)23(24,25)26/h2-6,8-11,17-18H,7,12H2,1H3,(H,29,31). The molecule has 7 nitrogen and oxygen atoms in total. The highest BCUT2D eigenvalue weighted by Crippen LogP contribution is 2.36. The third kappa shape index (κ3) is 4.04. The molecule has 0 spiro atoms. The van der Waals surface area contributed by atoms with Gasteiger partial charge in [-0.2, -0.15) is 13.2 Å². The number of anilines is 1. The Morgan fingerprint density at radius 1 is 1.12 bits per heavy atom. The van der Waals surface area contributed by atoms with Crippen LogP contribution in [0.15, 0.2) is 60.7 Å². The highest BCUT2D eigenvalue weighted by Gasteiger charge is 2.42. The van der Waals surface area contributed by atoms with Crippen molar-refractivity contribution < 1.29 is 18.0 Å². The van der Waals surface area contributed by atoms with Crippen molar-refractivity contribution in [2.75, 3.05) is 11.9 Å². The van der Waals surface area contributed by atoms with Gasteiger partial charge in [-0.15, -0.1) is 0 Å². The van der Waals surface area contributed by atoms with E-state index < -0.39 is 11.9 Å². The molecule has 1 N–H and O–H groups in total. The summed E-state index contributed by atoms with van der Waals surface area (Å²) in [6.07, 6.45) is 3.27. The lowest BCUT2D eigenvalue weighted by atomic mass is 10.0. The first-order valence-corrected chi connectivity index (χ1v) is 10.3. The van der Waals surface area contributed by atoms with Gasteiger partial charge in [0.05, 0.1) is 35.7 Å². The predicted octanol–water partition coefficient (Wildman–Crippen LogP) is 3.90. The fourth-order valence-corrected chi connectivity index (χ4v) is 4.25. The summed E-state index contributed by atoms with van der Waals surface area (Å²) < 4.78 is 38.2. The number of pyridine rings is 2. The van der Waals surface area contributed by atoms with Crippen LogP contribution in [0.4, 0.5) is 19.0 Å². The summed E-state index contributed by atoms with van der Waals surface area (Å²) in [5.41, 5.74) is 2.48. The first-order chi connectivity index (χ1) is 15.8. The molecular weight excluding hydrogens is 433 g/mol. The van der Waals surface area contributed by atoms with E-state index >= 15 is 0 Å². The Labute approximate surface area is 187 Å². The molecule has 3 aromatic rings. The number of fused-ring (bicyclic) bond motifs is 1. The molecule has 2 bridgehead atoms. The number of aryl methyl sites for hydroxylation is 1. The molecule has 168 valence electrons. The van der Waals surface area contributed by atoms with E-state index in [0.717, 1.165) is 17.3 Å². The van der Waals surface area contributed by atoms with Crippen molar-refractivity contribution in [2.24, 2.45) is 0 Å². The smallest absolute Gasteiger partial charge is 0.363 e. The zero-order chi connectivity index (χ0) is 23.2. The number of halogens is 3. The summed E-state index contributed by atoms with van der Waals surface area (Å²) in [4.78, 5) is 31.4. The van der Waals surface area contributed by atoms with Crippen molar-refractivity contribution >= 4 is 11.7 Å². The first kappa shape index (κ1) is 21.0. The highest BCUT2D eigenvalue weighted by atomic mass is 19.4. The Morgan fingerprint density at radius 2 is 1.97 bits per heavy atom. The summed E-state index contributed by atoms with van der Waals surface area (Å²) in [7, 11) is 0. The van der Waals surface area contributed by atoms with Crippen molar-refractivity contribution in [3.8, 4) is 11.4 Å². The predicted molar refractivity (Wildman–Crippen MR) is 114 cm³/mol. The van der Waals surface area contributed by atoms with Crippen LogP contribution in [0.25, 0.3) is 11.4 Å². The molecule has 10 heteroatoms. The van der Waals surface area contributed by atoms with Crippen LogP contribution in [0.2, 0.25) is 0 Å². The quantitative estimate of drug-likeness (QED) is 0.605. The second-order valence-electron chi connectivity index (χ2n) is 8.11. The first-order valence-electron chi connectivity index (χ1n) is 10.3. The van der Waals surface area contributed by atoms with Gasteiger partial charge in [-0.3, -0.25) is 14.8 Å². The van der Waals surface area contributed by atoms with Gasteiger partial charge in [-0.1, -0.05) is 17.7 Å². The summed E-state index contributed by atoms with van der Waals surface area (Å²) in [6, 6.07) is 6.78. The number of carbonyl (C=O) groups excluding carboxylic acids is 1. The summed E-state index contributed by atoms with van der Waals surface area (Å²) in [5.74, 6) is 0.0569. The number of carbonyl (C=O) groups is 1. The topological polar surface area (TPSA) is 83.9 Å². The molecule has 5 rings (SSSR count). The average molecular weight is 452 g/mol. The van der Waals surface area contributed by atoms with Crippen molar-refractivity contribution in [3.05, 3.63) is 77.5 Å². The number of hydrogen-bond acceptors (Lipinski definition) is 6. The lowest BCUT2D eigenvalue weighted by Crippen LogP contribution is -2.48. The lowest BCUT2D eigenvalue weighted by molar-refractivity contribution is -0.141. The maximum Gasteiger partial charge on any atom is 0.434 e. The number of likely N-dealkylation sites (tertiary alicyclic amines) is 1.